The van der Waals surface area contributed by atoms with Crippen molar-refractivity contribution in [3.63, 3.8) is 0 Å². The first kappa shape index (κ1) is 27.3. The summed E-state index contributed by atoms with van der Waals surface area (Å²) in [7, 11) is 0. The third-order valence-corrected chi connectivity index (χ3v) is 7.30. The largest absolute Gasteiger partial charge is 0.491 e. The summed E-state index contributed by atoms with van der Waals surface area (Å²) in [6.07, 6.45) is 0. The molecule has 0 radical (unpaired) electrons. The van der Waals surface area contributed by atoms with Gasteiger partial charge in [0, 0.05) is 36.8 Å². The number of halogens is 2. The first-order chi connectivity index (χ1) is 17.7. The van der Waals surface area contributed by atoms with Crippen LogP contribution < -0.4 is 9.64 Å². The van der Waals surface area contributed by atoms with Gasteiger partial charge in [-0.15, -0.1) is 0 Å². The van der Waals surface area contributed by atoms with Crippen molar-refractivity contribution in [2.75, 3.05) is 37.7 Å². The predicted octanol–water partition coefficient (Wildman–Crippen LogP) is 5.40. The Morgan fingerprint density at radius 2 is 1.76 bits per heavy atom. The summed E-state index contributed by atoms with van der Waals surface area (Å²) in [5, 5.41) is 30.8. The van der Waals surface area contributed by atoms with Gasteiger partial charge in [-0.2, -0.15) is 5.26 Å². The van der Waals surface area contributed by atoms with E-state index in [1.165, 1.54) is 0 Å². The van der Waals surface area contributed by atoms with Crippen LogP contribution in [0.5, 0.6) is 5.75 Å². The van der Waals surface area contributed by atoms with E-state index < -0.39 is 5.60 Å². The van der Waals surface area contributed by atoms with Crippen molar-refractivity contribution in [2.24, 2.45) is 0 Å². The predicted molar refractivity (Wildman–Crippen MR) is 147 cm³/mol. The Morgan fingerprint density at radius 3 is 2.38 bits per heavy atom. The normalized spacial score (nSPS) is 19.8. The number of hydrogen-bond donors (Lipinski definition) is 2. The fourth-order valence-electron chi connectivity index (χ4n) is 5.04. The molecule has 1 aliphatic heterocycles. The smallest absolute Gasteiger partial charge is 0.121 e. The maximum Gasteiger partial charge on any atom is 0.121 e. The molecule has 0 unspecified atom stereocenters. The molecule has 3 aromatic carbocycles. The molecule has 37 heavy (non-hydrogen) atoms. The topological polar surface area (TPSA) is 80.0 Å². The number of hydrogen-bond acceptors (Lipinski definition) is 6. The average Bonchev–Trinajstić information content (AvgIpc) is 2.88. The summed E-state index contributed by atoms with van der Waals surface area (Å²) in [5.41, 5.74) is 2.23. The second-order valence-corrected chi connectivity index (χ2v) is 10.5. The van der Waals surface area contributed by atoms with Crippen LogP contribution in [0.15, 0.2) is 66.7 Å². The van der Waals surface area contributed by atoms with Crippen LogP contribution in [0, 0.1) is 11.3 Å². The van der Waals surface area contributed by atoms with Gasteiger partial charge >= 0.3 is 0 Å². The average molecular weight is 540 g/mol. The molecule has 8 heteroatoms. The molecule has 2 N–H and O–H groups in total. The second kappa shape index (κ2) is 11.7. The van der Waals surface area contributed by atoms with Crippen LogP contribution in [0.25, 0.3) is 0 Å². The number of piperazine rings is 1. The molecule has 0 aliphatic carbocycles. The number of nitrogens with zero attached hydrogens (tertiary/aromatic N) is 3. The van der Waals surface area contributed by atoms with E-state index in [1.807, 2.05) is 55.5 Å². The summed E-state index contributed by atoms with van der Waals surface area (Å²) in [6, 6.07) is 22.7. The standard InChI is InChI=1S/C29H31Cl2N3O3/c1-20-17-33(19-29(2,36)23-7-3-21(16-32)4-8-23)18-28(22-5-9-24(30)10-6-22)34(20)27-12-11-25(15-26(27)31)37-14-13-35/h3-12,15,20,28,35-36H,13-14,17-19H2,1-2H3/t20-,28-,29+/m0/s1. The van der Waals surface area contributed by atoms with E-state index in [0.29, 0.717) is 34.4 Å². The van der Waals surface area contributed by atoms with E-state index in [4.69, 9.17) is 38.3 Å². The van der Waals surface area contributed by atoms with E-state index in [2.05, 4.69) is 22.8 Å². The highest BCUT2D eigenvalue weighted by molar-refractivity contribution is 6.33. The van der Waals surface area contributed by atoms with Crippen molar-refractivity contribution in [3.05, 3.63) is 93.5 Å². The van der Waals surface area contributed by atoms with Crippen LogP contribution >= 0.6 is 23.2 Å². The lowest BCUT2D eigenvalue weighted by Crippen LogP contribution is -2.56. The van der Waals surface area contributed by atoms with E-state index in [-0.39, 0.29) is 25.3 Å². The molecule has 0 amide bonds. The van der Waals surface area contributed by atoms with Gasteiger partial charge in [0.1, 0.15) is 12.4 Å². The summed E-state index contributed by atoms with van der Waals surface area (Å²) in [6.45, 7) is 5.92. The minimum absolute atomic E-state index is 0.0421. The number of aliphatic hydroxyl groups is 2. The van der Waals surface area contributed by atoms with Gasteiger partial charge in [-0.05, 0) is 61.4 Å². The van der Waals surface area contributed by atoms with E-state index >= 15 is 0 Å². The molecule has 1 saturated heterocycles. The molecule has 0 aromatic heterocycles. The van der Waals surface area contributed by atoms with Gasteiger partial charge in [-0.3, -0.25) is 4.90 Å². The Labute approximate surface area is 228 Å². The fraction of sp³-hybridized carbons (Fsp3) is 0.345. The monoisotopic (exact) mass is 539 g/mol. The van der Waals surface area contributed by atoms with Crippen molar-refractivity contribution in [3.8, 4) is 11.8 Å². The van der Waals surface area contributed by atoms with Gasteiger partial charge in [-0.25, -0.2) is 0 Å². The van der Waals surface area contributed by atoms with E-state index in [9.17, 15) is 5.11 Å². The third kappa shape index (κ3) is 6.38. The first-order valence-corrected chi connectivity index (χ1v) is 13.0. The number of nitriles is 1. The molecule has 3 aromatic rings. The molecule has 0 bridgehead atoms. The maximum absolute atomic E-state index is 11.4. The second-order valence-electron chi connectivity index (χ2n) is 9.67. The Bertz CT molecular complexity index is 1240. The Kier molecular flexibility index (Phi) is 8.63. The maximum atomic E-state index is 11.4. The zero-order chi connectivity index (χ0) is 26.6. The third-order valence-electron chi connectivity index (χ3n) is 6.74. The molecule has 1 fully saturated rings. The molecule has 6 nitrogen and oxygen atoms in total. The molecule has 3 atom stereocenters. The Balaban J connectivity index is 1.63. The number of benzene rings is 3. The number of anilines is 1. The molecule has 1 aliphatic rings. The summed E-state index contributed by atoms with van der Waals surface area (Å²) >= 11 is 12.9. The van der Waals surface area contributed by atoms with Gasteiger partial charge in [0.15, 0.2) is 0 Å². The Morgan fingerprint density at radius 1 is 1.05 bits per heavy atom. The summed E-state index contributed by atoms with van der Waals surface area (Å²) in [4.78, 5) is 4.58. The van der Waals surface area contributed by atoms with Crippen LogP contribution in [0.4, 0.5) is 5.69 Å². The highest BCUT2D eigenvalue weighted by Gasteiger charge is 2.37. The van der Waals surface area contributed by atoms with Crippen LogP contribution in [-0.2, 0) is 5.60 Å². The molecule has 4 rings (SSSR count). The van der Waals surface area contributed by atoms with Gasteiger partial charge in [-0.1, -0.05) is 47.5 Å². The summed E-state index contributed by atoms with van der Waals surface area (Å²) in [5.74, 6) is 0.607. The summed E-state index contributed by atoms with van der Waals surface area (Å²) < 4.78 is 5.54. The minimum Gasteiger partial charge on any atom is -0.491 e. The van der Waals surface area contributed by atoms with Crippen LogP contribution in [0.3, 0.4) is 0 Å². The Hall–Kier alpha value is -2.79. The van der Waals surface area contributed by atoms with Crippen molar-refractivity contribution in [1.29, 1.82) is 5.26 Å². The minimum atomic E-state index is -1.09. The number of ether oxygens (including phenoxy) is 1. The highest BCUT2D eigenvalue weighted by Crippen LogP contribution is 2.40. The van der Waals surface area contributed by atoms with Crippen molar-refractivity contribution >= 4 is 28.9 Å². The zero-order valence-electron chi connectivity index (χ0n) is 20.9. The van der Waals surface area contributed by atoms with Gasteiger partial charge in [0.05, 0.1) is 40.6 Å². The van der Waals surface area contributed by atoms with Crippen molar-refractivity contribution in [2.45, 2.75) is 31.5 Å². The molecular weight excluding hydrogens is 509 g/mol. The van der Waals surface area contributed by atoms with Crippen LogP contribution in [0.1, 0.15) is 36.6 Å². The fourth-order valence-corrected chi connectivity index (χ4v) is 5.44. The number of rotatable bonds is 8. The first-order valence-electron chi connectivity index (χ1n) is 12.2. The molecule has 194 valence electrons. The molecule has 0 spiro atoms. The van der Waals surface area contributed by atoms with Gasteiger partial charge < -0.3 is 19.8 Å². The lowest BCUT2D eigenvalue weighted by Gasteiger charge is -2.49. The van der Waals surface area contributed by atoms with Crippen LogP contribution in [-0.4, -0.2) is 54.0 Å². The number of aliphatic hydroxyl groups excluding tert-OH is 1. The van der Waals surface area contributed by atoms with E-state index in [0.717, 1.165) is 23.4 Å². The lowest BCUT2D eigenvalue weighted by molar-refractivity contribution is 0.00636. The number of β-amino-alcohol motifs (C(OH)–C–C–N with tert-alkyl or cyclic N) is 1. The molecule has 0 saturated carbocycles. The van der Waals surface area contributed by atoms with Crippen molar-refractivity contribution < 1.29 is 14.9 Å². The van der Waals surface area contributed by atoms with E-state index in [1.54, 1.807) is 18.2 Å². The molecular formula is C29H31Cl2N3O3. The highest BCUT2D eigenvalue weighted by atomic mass is 35.5. The van der Waals surface area contributed by atoms with Crippen molar-refractivity contribution in [1.82, 2.24) is 4.90 Å². The zero-order valence-corrected chi connectivity index (χ0v) is 22.5. The van der Waals surface area contributed by atoms with Gasteiger partial charge in [0.25, 0.3) is 0 Å². The molecule has 1 heterocycles. The SMILES string of the molecule is C[C@H]1CN(C[C@@](C)(O)c2ccc(C#N)cc2)C[C@@H](c2ccc(Cl)cc2)N1c1ccc(OCCO)cc1Cl. The lowest BCUT2D eigenvalue weighted by atomic mass is 9.92. The van der Waals surface area contributed by atoms with Crippen LogP contribution in [0.2, 0.25) is 10.0 Å². The quantitative estimate of drug-likeness (QED) is 0.399. The van der Waals surface area contributed by atoms with Gasteiger partial charge in [0.2, 0.25) is 0 Å².